The molecule has 8 N–H and O–H groups in total. The lowest BCUT2D eigenvalue weighted by Gasteiger charge is -2.71. The fraction of sp³-hybridized carbons (Fsp3) is 0.929. The molecule has 7 aliphatic rings. The van der Waals surface area contributed by atoms with E-state index in [-0.39, 0.29) is 45.0 Å². The molecule has 13 heteroatoms. The maximum absolute atomic E-state index is 13.0. The maximum atomic E-state index is 13.0. The van der Waals surface area contributed by atoms with Crippen LogP contribution in [0.3, 0.4) is 0 Å². The van der Waals surface area contributed by atoms with Crippen molar-refractivity contribution in [1.82, 2.24) is 0 Å². The summed E-state index contributed by atoms with van der Waals surface area (Å²) in [7, 11) is 0. The van der Waals surface area contributed by atoms with Gasteiger partial charge in [0.1, 0.15) is 48.8 Å². The first kappa shape index (κ1) is 41.9. The minimum absolute atomic E-state index is 0.00451. The van der Waals surface area contributed by atoms with Crippen LogP contribution in [-0.2, 0) is 23.7 Å². The SMILES string of the molecule is CC1(C)CC[C@]2(C(=O)O)CC[C@]3(C)C(=CC[C@@H]4[C@]5(C)CC[C@H](O[C@@H]6O[C@H](CO)[C@@H](O[C@@H]7O[C@H](CO)[C@H](O)[C@H](O)[C@H]7O)[C@H](O)[C@H]6O)C(C)(C)[C@@H]5CC[C@]43C)[C@H]2C1. The summed E-state index contributed by atoms with van der Waals surface area (Å²) in [5.74, 6) is 0.0886. The summed E-state index contributed by atoms with van der Waals surface area (Å²) in [6, 6.07) is 0. The number of carboxylic acids is 1. The van der Waals surface area contributed by atoms with Gasteiger partial charge in [0.05, 0.1) is 24.7 Å². The molecule has 7 rings (SSSR count). The summed E-state index contributed by atoms with van der Waals surface area (Å²) < 4.78 is 23.9. The monoisotopic (exact) mass is 780 g/mol. The lowest BCUT2D eigenvalue weighted by Crippen LogP contribution is -2.66. The van der Waals surface area contributed by atoms with Crippen molar-refractivity contribution >= 4 is 5.97 Å². The second kappa shape index (κ2) is 14.2. The zero-order chi connectivity index (χ0) is 40.3. The molecule has 0 amide bonds. The third kappa shape index (κ3) is 6.23. The van der Waals surface area contributed by atoms with Crippen LogP contribution in [0, 0.1) is 50.2 Å². The van der Waals surface area contributed by atoms with E-state index in [9.17, 15) is 45.6 Å². The van der Waals surface area contributed by atoms with Crippen LogP contribution in [0.5, 0.6) is 0 Å². The molecule has 0 bridgehead atoms. The highest BCUT2D eigenvalue weighted by Crippen LogP contribution is 2.76. The number of carboxylic acid groups (broad SMARTS) is 1. The van der Waals surface area contributed by atoms with E-state index in [1.807, 2.05) is 0 Å². The Balaban J connectivity index is 1.08. The molecule has 4 saturated carbocycles. The molecule has 5 aliphatic carbocycles. The quantitative estimate of drug-likeness (QED) is 0.138. The molecule has 2 saturated heterocycles. The number of aliphatic hydroxyl groups is 7. The first-order valence-corrected chi connectivity index (χ1v) is 20.8. The van der Waals surface area contributed by atoms with Crippen molar-refractivity contribution < 1.29 is 64.6 Å². The number of ether oxygens (including phenoxy) is 4. The van der Waals surface area contributed by atoms with Crippen LogP contribution < -0.4 is 0 Å². The highest BCUT2D eigenvalue weighted by atomic mass is 16.7. The first-order valence-electron chi connectivity index (χ1n) is 20.8. The van der Waals surface area contributed by atoms with E-state index in [0.717, 1.165) is 57.8 Å². The van der Waals surface area contributed by atoms with Gasteiger partial charge in [-0.2, -0.15) is 0 Å². The summed E-state index contributed by atoms with van der Waals surface area (Å²) in [4.78, 5) is 13.0. The van der Waals surface area contributed by atoms with Crippen LogP contribution >= 0.6 is 0 Å². The third-order valence-corrected chi connectivity index (χ3v) is 17.3. The van der Waals surface area contributed by atoms with Gasteiger partial charge in [-0.1, -0.05) is 60.1 Å². The zero-order valence-corrected chi connectivity index (χ0v) is 33.8. The van der Waals surface area contributed by atoms with Crippen molar-refractivity contribution in [3.8, 4) is 0 Å². The van der Waals surface area contributed by atoms with Crippen molar-refractivity contribution in [3.05, 3.63) is 11.6 Å². The van der Waals surface area contributed by atoms with Gasteiger partial charge in [0, 0.05) is 0 Å². The molecule has 2 heterocycles. The third-order valence-electron chi connectivity index (χ3n) is 17.3. The zero-order valence-electron chi connectivity index (χ0n) is 33.8. The average molecular weight is 781 g/mol. The Morgan fingerprint density at radius 1 is 0.727 bits per heavy atom. The molecular weight excluding hydrogens is 712 g/mol. The highest BCUT2D eigenvalue weighted by Gasteiger charge is 2.69. The Kier molecular flexibility index (Phi) is 10.8. The molecule has 314 valence electrons. The molecule has 0 aromatic heterocycles. The predicted molar refractivity (Wildman–Crippen MR) is 198 cm³/mol. The smallest absolute Gasteiger partial charge is 0.310 e. The number of rotatable bonds is 7. The van der Waals surface area contributed by atoms with Crippen molar-refractivity contribution in [2.24, 2.45) is 50.2 Å². The van der Waals surface area contributed by atoms with E-state index in [0.29, 0.717) is 12.3 Å². The molecule has 0 aromatic carbocycles. The lowest BCUT2D eigenvalue weighted by atomic mass is 9.33. The molecular formula is C42H68O13. The number of fused-ring (bicyclic) bond motifs is 7. The Labute approximate surface area is 325 Å². The number of allylic oxidation sites excluding steroid dienone is 2. The van der Waals surface area contributed by atoms with Crippen molar-refractivity contribution in [2.45, 2.75) is 180 Å². The van der Waals surface area contributed by atoms with E-state index in [4.69, 9.17) is 18.9 Å². The Bertz CT molecular complexity index is 1480. The van der Waals surface area contributed by atoms with Gasteiger partial charge < -0.3 is 59.8 Å². The fourth-order valence-corrected chi connectivity index (χ4v) is 13.7. The summed E-state index contributed by atoms with van der Waals surface area (Å²) in [5, 5.41) is 84.2. The van der Waals surface area contributed by atoms with Crippen LogP contribution in [-0.4, -0.2) is 128 Å². The van der Waals surface area contributed by atoms with Crippen LogP contribution in [0.1, 0.15) is 113 Å². The Hall–Kier alpha value is -1.23. The van der Waals surface area contributed by atoms with E-state index < -0.39 is 86.0 Å². The molecule has 55 heavy (non-hydrogen) atoms. The van der Waals surface area contributed by atoms with Gasteiger partial charge in [-0.25, -0.2) is 0 Å². The molecule has 6 fully saturated rings. The number of hydrogen-bond acceptors (Lipinski definition) is 12. The second-order valence-electron chi connectivity index (χ2n) is 20.7. The van der Waals surface area contributed by atoms with Crippen LogP contribution in [0.25, 0.3) is 0 Å². The summed E-state index contributed by atoms with van der Waals surface area (Å²) in [6.07, 6.45) is -4.17. The first-order chi connectivity index (χ1) is 25.6. The molecule has 0 unspecified atom stereocenters. The van der Waals surface area contributed by atoms with Crippen LogP contribution in [0.2, 0.25) is 0 Å². The number of aliphatic hydroxyl groups excluding tert-OH is 7. The number of aliphatic carboxylic acids is 1. The summed E-state index contributed by atoms with van der Waals surface area (Å²) in [6.45, 7) is 15.1. The molecule has 0 radical (unpaired) electrons. The summed E-state index contributed by atoms with van der Waals surface area (Å²) >= 11 is 0. The van der Waals surface area contributed by atoms with Gasteiger partial charge in [0.15, 0.2) is 12.6 Å². The van der Waals surface area contributed by atoms with E-state index in [1.54, 1.807) is 0 Å². The molecule has 2 aliphatic heterocycles. The van der Waals surface area contributed by atoms with Gasteiger partial charge in [0.2, 0.25) is 0 Å². The van der Waals surface area contributed by atoms with Crippen molar-refractivity contribution in [2.75, 3.05) is 13.2 Å². The molecule has 18 atom stereocenters. The number of hydrogen-bond donors (Lipinski definition) is 8. The van der Waals surface area contributed by atoms with E-state index >= 15 is 0 Å². The minimum Gasteiger partial charge on any atom is -0.481 e. The minimum atomic E-state index is -1.74. The van der Waals surface area contributed by atoms with Crippen LogP contribution in [0.4, 0.5) is 0 Å². The van der Waals surface area contributed by atoms with E-state index in [1.165, 1.54) is 5.57 Å². The van der Waals surface area contributed by atoms with Crippen molar-refractivity contribution in [3.63, 3.8) is 0 Å². The Morgan fingerprint density at radius 3 is 2.00 bits per heavy atom. The molecule has 13 nitrogen and oxygen atoms in total. The molecule has 0 spiro atoms. The van der Waals surface area contributed by atoms with Gasteiger partial charge >= 0.3 is 5.97 Å². The number of carbonyl (C=O) groups is 1. The van der Waals surface area contributed by atoms with Gasteiger partial charge in [0.25, 0.3) is 0 Å². The topological polar surface area (TPSA) is 216 Å². The van der Waals surface area contributed by atoms with Gasteiger partial charge in [-0.05, 0) is 109 Å². The molecule has 0 aromatic rings. The maximum Gasteiger partial charge on any atom is 0.310 e. The predicted octanol–water partition coefficient (Wildman–Crippen LogP) is 2.88. The lowest BCUT2D eigenvalue weighted by molar-refractivity contribution is -0.368. The normalized spacial score (nSPS) is 53.2. The fourth-order valence-electron chi connectivity index (χ4n) is 13.7. The van der Waals surface area contributed by atoms with Gasteiger partial charge in [-0.3, -0.25) is 4.79 Å². The average Bonchev–Trinajstić information content (AvgIpc) is 3.12. The largest absolute Gasteiger partial charge is 0.481 e. The standard InChI is InChI=1S/C42H68O13/c1-37(2)14-16-42(36(50)51)17-15-40(6)21(22(42)18-37)8-9-26-39(5)12-11-27(38(3,4)25(39)10-13-41(26,40)7)54-34-32(49)30(47)33(24(20-44)53-34)55-35-31(48)29(46)28(45)23(19-43)52-35/h8,22-35,43-49H,9-20H2,1-7H3,(H,50,51)/t22-,23-,24-,25+,26-,27+,28+,29+,30-,31-,32-,33-,34+,35+,39-,40-,41-,42+/m1/s1. The van der Waals surface area contributed by atoms with E-state index in [2.05, 4.69) is 54.5 Å². The Morgan fingerprint density at radius 2 is 1.35 bits per heavy atom. The summed E-state index contributed by atoms with van der Waals surface area (Å²) in [5.41, 5.74) is 0.344. The second-order valence-corrected chi connectivity index (χ2v) is 20.7. The van der Waals surface area contributed by atoms with Gasteiger partial charge in [-0.15, -0.1) is 0 Å². The van der Waals surface area contributed by atoms with Crippen molar-refractivity contribution in [1.29, 1.82) is 0 Å². The highest BCUT2D eigenvalue weighted by molar-refractivity contribution is 5.76. The van der Waals surface area contributed by atoms with Crippen LogP contribution in [0.15, 0.2) is 11.6 Å².